The molecule has 1 rings (SSSR count). The second-order valence-electron chi connectivity index (χ2n) is 2.82. The summed E-state index contributed by atoms with van der Waals surface area (Å²) in [6.45, 7) is 2.53. The summed E-state index contributed by atoms with van der Waals surface area (Å²) in [5.74, 6) is 0.526. The smallest absolute Gasteiger partial charge is 0.267 e. The third-order valence-corrected chi connectivity index (χ3v) is 2.49. The van der Waals surface area contributed by atoms with E-state index in [2.05, 4.69) is 31.2 Å². The van der Waals surface area contributed by atoms with Gasteiger partial charge in [-0.15, -0.1) is 0 Å². The SMILES string of the molecule is COC(C)CNc1nc[nH]c(=O)c1Br. The maximum absolute atomic E-state index is 11.1. The van der Waals surface area contributed by atoms with Crippen LogP contribution >= 0.6 is 15.9 Å². The molecule has 1 unspecified atom stereocenters. The number of hydrogen-bond acceptors (Lipinski definition) is 4. The number of ether oxygens (including phenoxy) is 1. The maximum Gasteiger partial charge on any atom is 0.267 e. The molecule has 6 heteroatoms. The van der Waals surface area contributed by atoms with Gasteiger partial charge < -0.3 is 15.0 Å². The molecule has 0 aliphatic carbocycles. The van der Waals surface area contributed by atoms with Gasteiger partial charge in [-0.1, -0.05) is 0 Å². The quantitative estimate of drug-likeness (QED) is 0.848. The van der Waals surface area contributed by atoms with Crippen molar-refractivity contribution in [3.8, 4) is 0 Å². The summed E-state index contributed by atoms with van der Waals surface area (Å²) in [5.41, 5.74) is -0.201. The van der Waals surface area contributed by atoms with E-state index in [4.69, 9.17) is 4.74 Å². The molecule has 0 amide bonds. The molecule has 0 fully saturated rings. The molecule has 1 aromatic heterocycles. The first kappa shape index (κ1) is 11.2. The van der Waals surface area contributed by atoms with Gasteiger partial charge in [0.1, 0.15) is 10.3 Å². The Morgan fingerprint density at radius 3 is 3.14 bits per heavy atom. The predicted molar refractivity (Wildman–Crippen MR) is 57.5 cm³/mol. The molecule has 0 spiro atoms. The van der Waals surface area contributed by atoms with Gasteiger partial charge in [0.15, 0.2) is 0 Å². The predicted octanol–water partition coefficient (Wildman–Crippen LogP) is 0.979. The number of nitrogens with zero attached hydrogens (tertiary/aromatic N) is 1. The van der Waals surface area contributed by atoms with Gasteiger partial charge in [-0.3, -0.25) is 4.79 Å². The van der Waals surface area contributed by atoms with Crippen molar-refractivity contribution >= 4 is 21.7 Å². The van der Waals surface area contributed by atoms with Crippen molar-refractivity contribution < 1.29 is 4.74 Å². The van der Waals surface area contributed by atoms with Crippen LogP contribution in [0, 0.1) is 0 Å². The summed E-state index contributed by atoms with van der Waals surface area (Å²) in [5, 5.41) is 3.00. The number of aromatic nitrogens is 2. The van der Waals surface area contributed by atoms with Crippen molar-refractivity contribution in [3.63, 3.8) is 0 Å². The van der Waals surface area contributed by atoms with Crippen molar-refractivity contribution in [2.75, 3.05) is 19.0 Å². The number of hydrogen-bond donors (Lipinski definition) is 2. The largest absolute Gasteiger partial charge is 0.380 e. The summed E-state index contributed by atoms with van der Waals surface area (Å²) < 4.78 is 5.46. The molecule has 1 atom stereocenters. The van der Waals surface area contributed by atoms with Gasteiger partial charge in [0.05, 0.1) is 12.4 Å². The molecule has 0 radical (unpaired) electrons. The van der Waals surface area contributed by atoms with Crippen LogP contribution in [0.25, 0.3) is 0 Å². The number of H-pyrrole nitrogens is 1. The molecular formula is C8H12BrN3O2. The third kappa shape index (κ3) is 2.81. The first-order chi connectivity index (χ1) is 6.65. The van der Waals surface area contributed by atoms with Crippen molar-refractivity contribution in [3.05, 3.63) is 21.2 Å². The van der Waals surface area contributed by atoms with Gasteiger partial charge in [-0.2, -0.15) is 0 Å². The number of halogens is 1. The van der Waals surface area contributed by atoms with Crippen LogP contribution in [-0.2, 0) is 4.74 Å². The van der Waals surface area contributed by atoms with E-state index in [-0.39, 0.29) is 11.7 Å². The Hall–Kier alpha value is -0.880. The summed E-state index contributed by atoms with van der Waals surface area (Å²) in [6.07, 6.45) is 1.43. The zero-order valence-corrected chi connectivity index (χ0v) is 9.59. The monoisotopic (exact) mass is 261 g/mol. The molecule has 2 N–H and O–H groups in total. The molecule has 0 aliphatic heterocycles. The molecule has 0 saturated carbocycles. The van der Waals surface area contributed by atoms with E-state index >= 15 is 0 Å². The van der Waals surface area contributed by atoms with Gasteiger partial charge >= 0.3 is 0 Å². The number of rotatable bonds is 4. The van der Waals surface area contributed by atoms with E-state index in [9.17, 15) is 4.79 Å². The van der Waals surface area contributed by atoms with Crippen molar-refractivity contribution in [2.45, 2.75) is 13.0 Å². The summed E-state index contributed by atoms with van der Waals surface area (Å²) >= 11 is 3.14. The minimum absolute atomic E-state index is 0.0722. The average Bonchev–Trinajstić information content (AvgIpc) is 2.20. The van der Waals surface area contributed by atoms with Gasteiger partial charge in [-0.25, -0.2) is 4.98 Å². The van der Waals surface area contributed by atoms with Crippen LogP contribution in [0.3, 0.4) is 0 Å². The highest BCUT2D eigenvalue weighted by Gasteiger charge is 2.05. The topological polar surface area (TPSA) is 67.0 Å². The Kier molecular flexibility index (Phi) is 4.09. The fourth-order valence-electron chi connectivity index (χ4n) is 0.830. The molecule has 0 bridgehead atoms. The second-order valence-corrected chi connectivity index (χ2v) is 3.61. The Labute approximate surface area is 90.0 Å². The lowest BCUT2D eigenvalue weighted by molar-refractivity contribution is 0.128. The van der Waals surface area contributed by atoms with Crippen LogP contribution in [-0.4, -0.2) is 29.7 Å². The van der Waals surface area contributed by atoms with Crippen LogP contribution < -0.4 is 10.9 Å². The van der Waals surface area contributed by atoms with E-state index < -0.39 is 0 Å². The molecule has 5 nitrogen and oxygen atoms in total. The lowest BCUT2D eigenvalue weighted by Gasteiger charge is -2.11. The van der Waals surface area contributed by atoms with Crippen molar-refractivity contribution in [1.29, 1.82) is 0 Å². The lowest BCUT2D eigenvalue weighted by Crippen LogP contribution is -2.20. The molecule has 14 heavy (non-hydrogen) atoms. The van der Waals surface area contributed by atoms with Crippen LogP contribution in [0.15, 0.2) is 15.6 Å². The number of nitrogens with one attached hydrogen (secondary N) is 2. The Morgan fingerprint density at radius 1 is 1.79 bits per heavy atom. The minimum Gasteiger partial charge on any atom is -0.380 e. The van der Waals surface area contributed by atoms with E-state index in [0.717, 1.165) is 0 Å². The van der Waals surface area contributed by atoms with Crippen LogP contribution in [0.4, 0.5) is 5.82 Å². The van der Waals surface area contributed by atoms with Gasteiger partial charge in [0, 0.05) is 13.7 Å². The molecule has 1 aromatic rings. The van der Waals surface area contributed by atoms with Crippen LogP contribution in [0.2, 0.25) is 0 Å². The van der Waals surface area contributed by atoms with E-state index in [1.165, 1.54) is 6.33 Å². The summed E-state index contributed by atoms with van der Waals surface area (Å²) in [7, 11) is 1.63. The van der Waals surface area contributed by atoms with Crippen LogP contribution in [0.1, 0.15) is 6.92 Å². The zero-order chi connectivity index (χ0) is 10.6. The Bertz CT molecular complexity index is 353. The molecule has 1 heterocycles. The van der Waals surface area contributed by atoms with Crippen LogP contribution in [0.5, 0.6) is 0 Å². The maximum atomic E-state index is 11.1. The van der Waals surface area contributed by atoms with Gasteiger partial charge in [-0.05, 0) is 22.9 Å². The molecule has 78 valence electrons. The number of methoxy groups -OCH3 is 1. The van der Waals surface area contributed by atoms with Gasteiger partial charge in [0.2, 0.25) is 0 Å². The Balaban J connectivity index is 2.68. The highest BCUT2D eigenvalue weighted by atomic mass is 79.9. The molecular weight excluding hydrogens is 250 g/mol. The summed E-state index contributed by atoms with van der Waals surface area (Å²) in [4.78, 5) is 17.6. The average molecular weight is 262 g/mol. The van der Waals surface area contributed by atoms with Gasteiger partial charge in [0.25, 0.3) is 5.56 Å². The van der Waals surface area contributed by atoms with E-state index in [1.54, 1.807) is 7.11 Å². The molecule has 0 saturated heterocycles. The first-order valence-electron chi connectivity index (χ1n) is 4.15. The zero-order valence-electron chi connectivity index (χ0n) is 8.00. The normalized spacial score (nSPS) is 12.5. The fourth-order valence-corrected chi connectivity index (χ4v) is 1.19. The van der Waals surface area contributed by atoms with E-state index in [0.29, 0.717) is 16.8 Å². The van der Waals surface area contributed by atoms with Crippen molar-refractivity contribution in [2.24, 2.45) is 0 Å². The number of aromatic amines is 1. The second kappa shape index (κ2) is 5.11. The highest BCUT2D eigenvalue weighted by Crippen LogP contribution is 2.12. The minimum atomic E-state index is -0.201. The Morgan fingerprint density at radius 2 is 2.50 bits per heavy atom. The standard InChI is InChI=1S/C8H12BrN3O2/c1-5(14-2)3-10-7-6(9)8(13)12-4-11-7/h4-5H,3H2,1-2H3,(H2,10,11,12,13). The first-order valence-corrected chi connectivity index (χ1v) is 4.94. The molecule has 0 aliphatic rings. The van der Waals surface area contributed by atoms with E-state index in [1.807, 2.05) is 6.92 Å². The highest BCUT2D eigenvalue weighted by molar-refractivity contribution is 9.10. The summed E-state index contributed by atoms with van der Waals surface area (Å²) in [6, 6.07) is 0. The number of anilines is 1. The fraction of sp³-hybridized carbons (Fsp3) is 0.500. The third-order valence-electron chi connectivity index (χ3n) is 1.76. The molecule has 0 aromatic carbocycles. The van der Waals surface area contributed by atoms with Crippen molar-refractivity contribution in [1.82, 2.24) is 9.97 Å². The lowest BCUT2D eigenvalue weighted by atomic mass is 10.4.